The molecule has 0 unspecified atom stereocenters. The minimum Gasteiger partial charge on any atom is -0.337 e. The van der Waals surface area contributed by atoms with Crippen LogP contribution in [0.1, 0.15) is 42.3 Å². The fraction of sp³-hybridized carbons (Fsp3) is 0.391. The Morgan fingerprint density at radius 3 is 2.34 bits per heavy atom. The molecule has 2 aromatic carbocycles. The smallest absolute Gasteiger partial charge is 0.319 e. The van der Waals surface area contributed by atoms with Gasteiger partial charge in [0, 0.05) is 36.4 Å². The third kappa shape index (κ3) is 7.23. The maximum absolute atomic E-state index is 13.1. The zero-order chi connectivity index (χ0) is 21.4. The summed E-state index contributed by atoms with van der Waals surface area (Å²) >= 11 is 0. The maximum atomic E-state index is 13.1. The summed E-state index contributed by atoms with van der Waals surface area (Å²) in [5, 5.41) is 5.71. The van der Waals surface area contributed by atoms with Crippen LogP contribution in [0.15, 0.2) is 48.5 Å². The SMILES string of the molecule is Cc1ccc(C(=O)N(CCN)CCc2ccccc2)cc1NC(=O)NC(C)(C)C. The van der Waals surface area contributed by atoms with Crippen molar-refractivity contribution in [3.05, 3.63) is 65.2 Å². The third-order valence-electron chi connectivity index (χ3n) is 4.42. The van der Waals surface area contributed by atoms with Gasteiger partial charge in [-0.15, -0.1) is 0 Å². The molecule has 0 heterocycles. The number of nitrogens with two attached hydrogens (primary N) is 1. The molecule has 0 saturated carbocycles. The molecule has 6 nitrogen and oxygen atoms in total. The molecule has 3 amide bonds. The molecule has 6 heteroatoms. The number of benzene rings is 2. The standard InChI is InChI=1S/C23H32N4O2/c1-17-10-11-19(16-20(17)25-22(29)26-23(2,3)4)21(28)27(15-13-24)14-12-18-8-6-5-7-9-18/h5-11,16H,12-15,24H2,1-4H3,(H2,25,26,29). The molecule has 0 bridgehead atoms. The van der Waals surface area contributed by atoms with E-state index in [1.54, 1.807) is 17.0 Å². The number of carbonyl (C=O) groups excluding carboxylic acids is 2. The van der Waals surface area contributed by atoms with Crippen LogP contribution in [-0.4, -0.2) is 42.0 Å². The Morgan fingerprint density at radius 2 is 1.72 bits per heavy atom. The largest absolute Gasteiger partial charge is 0.337 e. The maximum Gasteiger partial charge on any atom is 0.319 e. The predicted molar refractivity (Wildman–Crippen MR) is 118 cm³/mol. The Bertz CT molecular complexity index is 829. The Morgan fingerprint density at radius 1 is 1.03 bits per heavy atom. The van der Waals surface area contributed by atoms with Gasteiger partial charge in [-0.1, -0.05) is 36.4 Å². The van der Waals surface area contributed by atoms with Crippen molar-refractivity contribution >= 4 is 17.6 Å². The molecule has 2 rings (SSSR count). The summed E-state index contributed by atoms with van der Waals surface area (Å²) in [6.07, 6.45) is 0.761. The summed E-state index contributed by atoms with van der Waals surface area (Å²) in [6.45, 7) is 9.10. The average molecular weight is 397 g/mol. The van der Waals surface area contributed by atoms with Gasteiger partial charge in [0.25, 0.3) is 5.91 Å². The van der Waals surface area contributed by atoms with Gasteiger partial charge in [-0.25, -0.2) is 4.79 Å². The van der Waals surface area contributed by atoms with Crippen molar-refractivity contribution in [1.29, 1.82) is 0 Å². The van der Waals surface area contributed by atoms with Gasteiger partial charge in [-0.2, -0.15) is 0 Å². The van der Waals surface area contributed by atoms with E-state index in [-0.39, 0.29) is 17.5 Å². The van der Waals surface area contributed by atoms with Crippen LogP contribution < -0.4 is 16.4 Å². The summed E-state index contributed by atoms with van der Waals surface area (Å²) in [5.41, 5.74) is 8.60. The highest BCUT2D eigenvalue weighted by Crippen LogP contribution is 2.19. The van der Waals surface area contributed by atoms with Crippen LogP contribution >= 0.6 is 0 Å². The Hall–Kier alpha value is -2.86. The van der Waals surface area contributed by atoms with E-state index in [4.69, 9.17) is 5.73 Å². The number of hydrogen-bond acceptors (Lipinski definition) is 3. The average Bonchev–Trinajstić information content (AvgIpc) is 2.65. The van der Waals surface area contributed by atoms with Crippen LogP contribution in [0.3, 0.4) is 0 Å². The van der Waals surface area contributed by atoms with Crippen molar-refractivity contribution in [1.82, 2.24) is 10.2 Å². The molecular weight excluding hydrogens is 364 g/mol. The summed E-state index contributed by atoms with van der Waals surface area (Å²) in [4.78, 5) is 27.1. The summed E-state index contributed by atoms with van der Waals surface area (Å²) in [7, 11) is 0. The van der Waals surface area contributed by atoms with Crippen molar-refractivity contribution < 1.29 is 9.59 Å². The summed E-state index contributed by atoms with van der Waals surface area (Å²) < 4.78 is 0. The second-order valence-corrected chi connectivity index (χ2v) is 8.18. The second-order valence-electron chi connectivity index (χ2n) is 8.18. The number of carbonyl (C=O) groups is 2. The molecule has 0 aromatic heterocycles. The highest BCUT2D eigenvalue weighted by molar-refractivity contribution is 5.97. The van der Waals surface area contributed by atoms with Crippen LogP contribution in [0.4, 0.5) is 10.5 Å². The Labute approximate surface area is 173 Å². The van der Waals surface area contributed by atoms with E-state index >= 15 is 0 Å². The highest BCUT2D eigenvalue weighted by Gasteiger charge is 2.18. The minimum absolute atomic E-state index is 0.0920. The zero-order valence-corrected chi connectivity index (χ0v) is 17.8. The first-order chi connectivity index (χ1) is 13.7. The normalized spacial score (nSPS) is 11.1. The van der Waals surface area contributed by atoms with E-state index in [1.165, 1.54) is 5.56 Å². The lowest BCUT2D eigenvalue weighted by atomic mass is 10.1. The fourth-order valence-electron chi connectivity index (χ4n) is 2.95. The number of amides is 3. The molecule has 2 aromatic rings. The lowest BCUT2D eigenvalue weighted by Crippen LogP contribution is -2.43. The number of rotatable bonds is 7. The van der Waals surface area contributed by atoms with Crippen LogP contribution in [0.25, 0.3) is 0 Å². The van der Waals surface area contributed by atoms with Crippen LogP contribution in [0.5, 0.6) is 0 Å². The van der Waals surface area contributed by atoms with Crippen molar-refractivity contribution in [2.75, 3.05) is 25.0 Å². The van der Waals surface area contributed by atoms with E-state index in [0.717, 1.165) is 12.0 Å². The highest BCUT2D eigenvalue weighted by atomic mass is 16.2. The van der Waals surface area contributed by atoms with Gasteiger partial charge in [-0.05, 0) is 57.4 Å². The number of nitrogens with one attached hydrogen (secondary N) is 2. The number of aryl methyl sites for hydroxylation is 1. The number of anilines is 1. The lowest BCUT2D eigenvalue weighted by Gasteiger charge is -2.23. The first kappa shape index (κ1) is 22.4. The Balaban J connectivity index is 2.13. The minimum atomic E-state index is -0.346. The summed E-state index contributed by atoms with van der Waals surface area (Å²) in [6, 6.07) is 15.1. The van der Waals surface area contributed by atoms with Gasteiger partial charge in [0.1, 0.15) is 0 Å². The first-order valence-corrected chi connectivity index (χ1v) is 9.92. The monoisotopic (exact) mass is 396 g/mol. The van der Waals surface area contributed by atoms with Gasteiger partial charge in [-0.3, -0.25) is 4.79 Å². The third-order valence-corrected chi connectivity index (χ3v) is 4.42. The molecular formula is C23H32N4O2. The van der Waals surface area contributed by atoms with Crippen molar-refractivity contribution in [3.8, 4) is 0 Å². The van der Waals surface area contributed by atoms with Gasteiger partial charge < -0.3 is 21.3 Å². The molecule has 0 radical (unpaired) electrons. The van der Waals surface area contributed by atoms with Gasteiger partial charge in [0.15, 0.2) is 0 Å². The lowest BCUT2D eigenvalue weighted by molar-refractivity contribution is 0.0762. The molecule has 4 N–H and O–H groups in total. The molecule has 0 aliphatic heterocycles. The van der Waals surface area contributed by atoms with E-state index in [1.807, 2.05) is 64.1 Å². The summed E-state index contributed by atoms with van der Waals surface area (Å²) in [5.74, 6) is -0.0920. The molecule has 0 spiro atoms. The van der Waals surface area contributed by atoms with E-state index in [0.29, 0.717) is 30.9 Å². The molecule has 29 heavy (non-hydrogen) atoms. The Kier molecular flexibility index (Phi) is 7.79. The second kappa shape index (κ2) is 10.1. The first-order valence-electron chi connectivity index (χ1n) is 9.92. The van der Waals surface area contributed by atoms with E-state index in [9.17, 15) is 9.59 Å². The molecule has 0 aliphatic rings. The van der Waals surface area contributed by atoms with Crippen molar-refractivity contribution in [3.63, 3.8) is 0 Å². The van der Waals surface area contributed by atoms with E-state index < -0.39 is 0 Å². The number of nitrogens with zero attached hydrogens (tertiary/aromatic N) is 1. The quantitative estimate of drug-likeness (QED) is 0.669. The number of hydrogen-bond donors (Lipinski definition) is 3. The molecule has 0 aliphatic carbocycles. The fourth-order valence-corrected chi connectivity index (χ4v) is 2.95. The molecule has 156 valence electrons. The zero-order valence-electron chi connectivity index (χ0n) is 17.8. The van der Waals surface area contributed by atoms with Crippen LogP contribution in [-0.2, 0) is 6.42 Å². The molecule has 0 saturated heterocycles. The van der Waals surface area contributed by atoms with Crippen molar-refractivity contribution in [2.24, 2.45) is 5.73 Å². The van der Waals surface area contributed by atoms with Crippen LogP contribution in [0.2, 0.25) is 0 Å². The number of urea groups is 1. The van der Waals surface area contributed by atoms with Gasteiger partial charge in [0.2, 0.25) is 0 Å². The predicted octanol–water partition coefficient (Wildman–Crippen LogP) is 3.56. The molecule has 0 atom stereocenters. The topological polar surface area (TPSA) is 87.5 Å². The van der Waals surface area contributed by atoms with E-state index in [2.05, 4.69) is 10.6 Å². The molecule has 0 fully saturated rings. The van der Waals surface area contributed by atoms with Crippen molar-refractivity contribution in [2.45, 2.75) is 39.7 Å². The van der Waals surface area contributed by atoms with Gasteiger partial charge >= 0.3 is 6.03 Å². The van der Waals surface area contributed by atoms with Crippen LogP contribution in [0, 0.1) is 6.92 Å². The van der Waals surface area contributed by atoms with Gasteiger partial charge in [0.05, 0.1) is 0 Å².